The minimum Gasteiger partial charge on any atom is -0.466 e. The van der Waals surface area contributed by atoms with Crippen LogP contribution in [0.25, 0.3) is 11.4 Å². The molecule has 2 aromatic heterocycles. The number of hydrogen-bond acceptors (Lipinski definition) is 6. The fourth-order valence-corrected chi connectivity index (χ4v) is 2.28. The molecule has 0 radical (unpaired) electrons. The number of aliphatic hydroxyl groups is 1. The molecule has 8 heteroatoms. The number of furan rings is 1. The number of nitrogens with zero attached hydrogens (tertiary/aromatic N) is 4. The van der Waals surface area contributed by atoms with Gasteiger partial charge in [0.25, 0.3) is 0 Å². The minimum absolute atomic E-state index is 0.00390. The van der Waals surface area contributed by atoms with E-state index >= 15 is 0 Å². The Bertz CT molecular complexity index is 827. The number of tetrazole rings is 1. The normalized spacial score (nSPS) is 14.7. The van der Waals surface area contributed by atoms with Crippen LogP contribution in [0.2, 0.25) is 0 Å². The largest absolute Gasteiger partial charge is 0.466 e. The molecule has 0 saturated heterocycles. The lowest BCUT2D eigenvalue weighted by molar-refractivity contribution is -0.125. The fourth-order valence-electron chi connectivity index (χ4n) is 2.28. The summed E-state index contributed by atoms with van der Waals surface area (Å²) in [6, 6.07) is 12.1. The number of rotatable bonds is 6. The van der Waals surface area contributed by atoms with Gasteiger partial charge in [-0.25, -0.2) is 0 Å². The Labute approximate surface area is 144 Å². The van der Waals surface area contributed by atoms with E-state index in [1.54, 1.807) is 26.0 Å². The minimum atomic E-state index is -1.30. The number of amides is 1. The van der Waals surface area contributed by atoms with Crippen LogP contribution >= 0.6 is 0 Å². The topological polar surface area (TPSA) is 106 Å². The SMILES string of the molecule is CC(C(=O)NCC(C)(O)c1ccco1)n1nnc(-c2ccccc2)n1. The third-order valence-electron chi connectivity index (χ3n) is 3.84. The monoisotopic (exact) mass is 341 g/mol. The first kappa shape index (κ1) is 16.8. The molecule has 0 saturated carbocycles. The van der Waals surface area contributed by atoms with Crippen molar-refractivity contribution in [2.24, 2.45) is 0 Å². The molecule has 0 aliphatic carbocycles. The summed E-state index contributed by atoms with van der Waals surface area (Å²) in [5.41, 5.74) is -0.480. The standard InChI is InChI=1S/C17H19N5O3/c1-12(16(23)18-11-17(2,24)14-9-6-10-25-14)22-20-15(19-21-22)13-7-4-3-5-8-13/h3-10,12,24H,11H2,1-2H3,(H,18,23). The number of aromatic nitrogens is 4. The molecule has 0 bridgehead atoms. The Morgan fingerprint density at radius 3 is 2.76 bits per heavy atom. The molecule has 25 heavy (non-hydrogen) atoms. The van der Waals surface area contributed by atoms with E-state index in [-0.39, 0.29) is 12.5 Å². The molecule has 0 aliphatic heterocycles. The summed E-state index contributed by atoms with van der Waals surface area (Å²) in [5.74, 6) is 0.498. The number of hydrogen-bond donors (Lipinski definition) is 2. The van der Waals surface area contributed by atoms with Gasteiger partial charge in [-0.1, -0.05) is 30.3 Å². The smallest absolute Gasteiger partial charge is 0.246 e. The summed E-state index contributed by atoms with van der Waals surface area (Å²) in [5, 5.41) is 25.2. The van der Waals surface area contributed by atoms with Gasteiger partial charge in [0.2, 0.25) is 11.7 Å². The molecule has 2 N–H and O–H groups in total. The maximum absolute atomic E-state index is 12.3. The van der Waals surface area contributed by atoms with Crippen molar-refractivity contribution in [2.75, 3.05) is 6.54 Å². The highest BCUT2D eigenvalue weighted by Crippen LogP contribution is 2.20. The van der Waals surface area contributed by atoms with Crippen LogP contribution in [0.4, 0.5) is 0 Å². The van der Waals surface area contributed by atoms with Gasteiger partial charge in [0.1, 0.15) is 17.4 Å². The molecule has 0 aliphatic rings. The Morgan fingerprint density at radius 1 is 1.32 bits per heavy atom. The van der Waals surface area contributed by atoms with E-state index in [4.69, 9.17) is 4.42 Å². The Balaban J connectivity index is 1.64. The summed E-state index contributed by atoms with van der Waals surface area (Å²) >= 11 is 0. The van der Waals surface area contributed by atoms with Gasteiger partial charge < -0.3 is 14.8 Å². The lowest BCUT2D eigenvalue weighted by Crippen LogP contribution is -2.41. The van der Waals surface area contributed by atoms with E-state index in [1.807, 2.05) is 30.3 Å². The molecular formula is C17H19N5O3. The van der Waals surface area contributed by atoms with Gasteiger partial charge in [-0.3, -0.25) is 4.79 Å². The van der Waals surface area contributed by atoms with Gasteiger partial charge in [-0.2, -0.15) is 4.80 Å². The van der Waals surface area contributed by atoms with Gasteiger partial charge >= 0.3 is 0 Å². The maximum atomic E-state index is 12.3. The Morgan fingerprint density at radius 2 is 2.08 bits per heavy atom. The molecule has 2 heterocycles. The van der Waals surface area contributed by atoms with Crippen molar-refractivity contribution in [3.05, 3.63) is 54.5 Å². The predicted octanol–water partition coefficient (Wildman–Crippen LogP) is 1.52. The van der Waals surface area contributed by atoms with E-state index in [2.05, 4.69) is 20.7 Å². The first-order valence-corrected chi connectivity index (χ1v) is 7.86. The third kappa shape index (κ3) is 3.74. The van der Waals surface area contributed by atoms with Crippen molar-refractivity contribution in [1.29, 1.82) is 0 Å². The van der Waals surface area contributed by atoms with Crippen LogP contribution in [-0.2, 0) is 10.4 Å². The molecule has 130 valence electrons. The molecule has 0 spiro atoms. The number of carbonyl (C=O) groups excluding carboxylic acids is 1. The Kier molecular flexibility index (Phi) is 4.62. The van der Waals surface area contributed by atoms with Gasteiger partial charge in [0, 0.05) is 5.56 Å². The van der Waals surface area contributed by atoms with Crippen molar-refractivity contribution >= 4 is 5.91 Å². The quantitative estimate of drug-likeness (QED) is 0.704. The molecule has 1 aromatic carbocycles. The van der Waals surface area contributed by atoms with Gasteiger partial charge in [0.05, 0.1) is 12.8 Å². The van der Waals surface area contributed by atoms with Crippen molar-refractivity contribution in [3.8, 4) is 11.4 Å². The molecule has 2 unspecified atom stereocenters. The van der Waals surface area contributed by atoms with Gasteiger partial charge in [-0.15, -0.1) is 10.2 Å². The average molecular weight is 341 g/mol. The molecule has 8 nitrogen and oxygen atoms in total. The van der Waals surface area contributed by atoms with Crippen LogP contribution in [0.3, 0.4) is 0 Å². The van der Waals surface area contributed by atoms with Crippen LogP contribution in [-0.4, -0.2) is 37.8 Å². The first-order valence-electron chi connectivity index (χ1n) is 7.86. The predicted molar refractivity (Wildman–Crippen MR) is 89.3 cm³/mol. The lowest BCUT2D eigenvalue weighted by atomic mass is 10.0. The first-order chi connectivity index (χ1) is 12.0. The van der Waals surface area contributed by atoms with Crippen molar-refractivity contribution in [2.45, 2.75) is 25.5 Å². The zero-order valence-electron chi connectivity index (χ0n) is 14.0. The summed E-state index contributed by atoms with van der Waals surface area (Å²) in [6.45, 7) is 3.23. The van der Waals surface area contributed by atoms with Crippen molar-refractivity contribution < 1.29 is 14.3 Å². The van der Waals surface area contributed by atoms with E-state index in [0.29, 0.717) is 11.6 Å². The van der Waals surface area contributed by atoms with E-state index in [0.717, 1.165) is 5.56 Å². The summed E-state index contributed by atoms with van der Waals surface area (Å²) < 4.78 is 5.19. The van der Waals surface area contributed by atoms with Crippen LogP contribution in [0, 0.1) is 0 Å². The second-order valence-electron chi connectivity index (χ2n) is 5.94. The lowest BCUT2D eigenvalue weighted by Gasteiger charge is -2.22. The second kappa shape index (κ2) is 6.86. The van der Waals surface area contributed by atoms with Crippen LogP contribution in [0.15, 0.2) is 53.1 Å². The highest BCUT2D eigenvalue weighted by molar-refractivity contribution is 5.79. The van der Waals surface area contributed by atoms with Crippen LogP contribution in [0.1, 0.15) is 25.6 Å². The highest BCUT2D eigenvalue weighted by atomic mass is 16.4. The van der Waals surface area contributed by atoms with Crippen LogP contribution in [0.5, 0.6) is 0 Å². The second-order valence-corrected chi connectivity index (χ2v) is 5.94. The molecule has 1 amide bonds. The molecule has 2 atom stereocenters. The third-order valence-corrected chi connectivity index (χ3v) is 3.84. The van der Waals surface area contributed by atoms with Crippen molar-refractivity contribution in [1.82, 2.24) is 25.5 Å². The van der Waals surface area contributed by atoms with E-state index in [9.17, 15) is 9.90 Å². The number of nitrogens with one attached hydrogen (secondary N) is 1. The number of carbonyl (C=O) groups is 1. The number of benzene rings is 1. The van der Waals surface area contributed by atoms with Gasteiger partial charge in [0.15, 0.2) is 0 Å². The fraction of sp³-hybridized carbons (Fsp3) is 0.294. The summed E-state index contributed by atoms with van der Waals surface area (Å²) in [4.78, 5) is 13.6. The van der Waals surface area contributed by atoms with E-state index in [1.165, 1.54) is 11.1 Å². The highest BCUT2D eigenvalue weighted by Gasteiger charge is 2.28. The van der Waals surface area contributed by atoms with Crippen LogP contribution < -0.4 is 5.32 Å². The van der Waals surface area contributed by atoms with E-state index < -0.39 is 11.6 Å². The molecule has 3 rings (SSSR count). The Hall–Kier alpha value is -3.00. The zero-order valence-corrected chi connectivity index (χ0v) is 14.0. The molecular weight excluding hydrogens is 322 g/mol. The summed E-state index contributed by atoms with van der Waals surface area (Å²) in [6.07, 6.45) is 1.47. The average Bonchev–Trinajstić information content (AvgIpc) is 3.31. The molecule has 0 fully saturated rings. The van der Waals surface area contributed by atoms with Gasteiger partial charge in [-0.05, 0) is 31.2 Å². The van der Waals surface area contributed by atoms with Crippen molar-refractivity contribution in [3.63, 3.8) is 0 Å². The zero-order chi connectivity index (χ0) is 17.9. The molecule has 3 aromatic rings. The summed E-state index contributed by atoms with van der Waals surface area (Å²) in [7, 11) is 0. The maximum Gasteiger partial charge on any atom is 0.246 e.